The van der Waals surface area contributed by atoms with Crippen LogP contribution in [0.4, 0.5) is 10.5 Å². The first kappa shape index (κ1) is 15.5. The second-order valence-corrected chi connectivity index (χ2v) is 6.18. The van der Waals surface area contributed by atoms with Crippen LogP contribution in [0.2, 0.25) is 0 Å². The van der Waals surface area contributed by atoms with Gasteiger partial charge in [-0.3, -0.25) is 4.84 Å². The lowest BCUT2D eigenvalue weighted by Crippen LogP contribution is -2.30. The highest BCUT2D eigenvalue weighted by molar-refractivity contribution is 7.18. The van der Waals surface area contributed by atoms with Gasteiger partial charge in [0.1, 0.15) is 0 Å². The minimum Gasteiger partial charge on any atom is -0.306 e. The number of thiazole rings is 1. The molecule has 23 heavy (non-hydrogen) atoms. The molecule has 0 unspecified atom stereocenters. The van der Waals surface area contributed by atoms with Gasteiger partial charge in [-0.1, -0.05) is 24.3 Å². The number of carbonyl (C=O) groups excluding carboxylic acids is 1. The van der Waals surface area contributed by atoms with E-state index in [0.717, 1.165) is 33.3 Å². The minimum absolute atomic E-state index is 0.315. The summed E-state index contributed by atoms with van der Waals surface area (Å²) in [5, 5.41) is 4.99. The van der Waals surface area contributed by atoms with Crippen molar-refractivity contribution in [1.29, 1.82) is 0 Å². The number of hydrogen-bond acceptors (Lipinski definition) is 4. The molecular formula is C17H17N3O2S. The Morgan fingerprint density at radius 2 is 2.09 bits per heavy atom. The third-order valence-corrected chi connectivity index (χ3v) is 4.47. The maximum Gasteiger partial charge on any atom is 0.345 e. The summed E-state index contributed by atoms with van der Waals surface area (Å²) < 4.78 is 1.19. The van der Waals surface area contributed by atoms with Crippen molar-refractivity contribution in [2.75, 3.05) is 19.5 Å². The van der Waals surface area contributed by atoms with E-state index in [1.165, 1.54) is 11.8 Å². The Bertz CT molecular complexity index is 798. The Labute approximate surface area is 138 Å². The number of urea groups is 1. The molecule has 1 heterocycles. The number of hydroxylamine groups is 2. The second kappa shape index (κ2) is 6.76. The number of nitrogens with one attached hydrogen (secondary N) is 1. The Balaban J connectivity index is 1.75. The second-order valence-electron chi connectivity index (χ2n) is 5.06. The molecule has 5 nitrogen and oxygen atoms in total. The fourth-order valence-corrected chi connectivity index (χ4v) is 3.22. The summed E-state index contributed by atoms with van der Waals surface area (Å²) in [6.45, 7) is 0. The standard InChI is InChI=1S/C17H17N3O2S/c1-20(22-2)17(21)18-13-7-5-6-12(10-13)11-16-19-14-8-3-4-9-15(14)23-16/h3-10H,11H2,1-2H3,(H,18,21). The summed E-state index contributed by atoms with van der Waals surface area (Å²) in [7, 11) is 3.00. The third-order valence-electron chi connectivity index (χ3n) is 3.43. The highest BCUT2D eigenvalue weighted by Crippen LogP contribution is 2.24. The molecule has 0 bridgehead atoms. The van der Waals surface area contributed by atoms with Gasteiger partial charge in [-0.2, -0.15) is 0 Å². The van der Waals surface area contributed by atoms with Crippen molar-refractivity contribution in [1.82, 2.24) is 10.0 Å². The molecule has 0 aliphatic carbocycles. The highest BCUT2D eigenvalue weighted by Gasteiger charge is 2.09. The van der Waals surface area contributed by atoms with Gasteiger partial charge in [0.05, 0.1) is 22.3 Å². The molecule has 1 N–H and O–H groups in total. The number of fused-ring (bicyclic) bond motifs is 1. The first-order chi connectivity index (χ1) is 11.2. The number of anilines is 1. The molecule has 118 valence electrons. The van der Waals surface area contributed by atoms with Gasteiger partial charge in [-0.05, 0) is 29.8 Å². The van der Waals surface area contributed by atoms with Gasteiger partial charge in [0, 0.05) is 19.2 Å². The molecule has 6 heteroatoms. The van der Waals surface area contributed by atoms with Crippen molar-refractivity contribution in [2.45, 2.75) is 6.42 Å². The summed E-state index contributed by atoms with van der Waals surface area (Å²) in [5.74, 6) is 0. The topological polar surface area (TPSA) is 54.5 Å². The molecule has 3 aromatic rings. The summed E-state index contributed by atoms with van der Waals surface area (Å²) >= 11 is 1.69. The van der Waals surface area contributed by atoms with Crippen LogP contribution in [-0.4, -0.2) is 30.2 Å². The molecule has 0 radical (unpaired) electrons. The number of hydrogen-bond donors (Lipinski definition) is 1. The van der Waals surface area contributed by atoms with Crippen molar-refractivity contribution < 1.29 is 9.63 Å². The number of carbonyl (C=O) groups is 1. The average Bonchev–Trinajstić information content (AvgIpc) is 2.96. The predicted octanol–water partition coefficient (Wildman–Crippen LogP) is 3.91. The quantitative estimate of drug-likeness (QED) is 0.739. The zero-order chi connectivity index (χ0) is 16.2. The maximum atomic E-state index is 11.8. The number of rotatable bonds is 4. The Kier molecular flexibility index (Phi) is 4.55. The third kappa shape index (κ3) is 3.67. The molecule has 3 rings (SSSR count). The van der Waals surface area contributed by atoms with Gasteiger partial charge in [0.15, 0.2) is 0 Å². The number of aromatic nitrogens is 1. The lowest BCUT2D eigenvalue weighted by molar-refractivity contribution is -0.0598. The van der Waals surface area contributed by atoms with E-state index in [-0.39, 0.29) is 6.03 Å². The highest BCUT2D eigenvalue weighted by atomic mass is 32.1. The molecule has 0 aliphatic rings. The zero-order valence-electron chi connectivity index (χ0n) is 12.9. The molecule has 0 aliphatic heterocycles. The predicted molar refractivity (Wildman–Crippen MR) is 92.7 cm³/mol. The first-order valence-corrected chi connectivity index (χ1v) is 7.99. The summed E-state index contributed by atoms with van der Waals surface area (Å²) in [4.78, 5) is 21.3. The Morgan fingerprint density at radius 3 is 2.87 bits per heavy atom. The van der Waals surface area contributed by atoms with Gasteiger partial charge >= 0.3 is 6.03 Å². The van der Waals surface area contributed by atoms with E-state index in [1.807, 2.05) is 42.5 Å². The van der Waals surface area contributed by atoms with Crippen LogP contribution in [-0.2, 0) is 11.3 Å². The number of amides is 2. The molecule has 0 saturated heterocycles. The molecule has 0 atom stereocenters. The SMILES string of the molecule is CON(C)C(=O)Nc1cccc(Cc2nc3ccccc3s2)c1. The van der Waals surface area contributed by atoms with Crippen LogP contribution in [0.3, 0.4) is 0 Å². The van der Waals surface area contributed by atoms with Crippen LogP contribution in [0.5, 0.6) is 0 Å². The van der Waals surface area contributed by atoms with Crippen molar-refractivity contribution in [2.24, 2.45) is 0 Å². The van der Waals surface area contributed by atoms with Crippen molar-refractivity contribution >= 4 is 33.3 Å². The van der Waals surface area contributed by atoms with E-state index in [4.69, 9.17) is 4.84 Å². The van der Waals surface area contributed by atoms with Crippen LogP contribution in [0, 0.1) is 0 Å². The van der Waals surface area contributed by atoms with Gasteiger partial charge in [0.2, 0.25) is 0 Å². The van der Waals surface area contributed by atoms with Crippen LogP contribution >= 0.6 is 11.3 Å². The summed E-state index contributed by atoms with van der Waals surface area (Å²) in [6, 6.07) is 15.6. The first-order valence-electron chi connectivity index (χ1n) is 7.18. The number of benzene rings is 2. The van der Waals surface area contributed by atoms with Gasteiger partial charge in [-0.25, -0.2) is 14.8 Å². The molecule has 1 aromatic heterocycles. The smallest absolute Gasteiger partial charge is 0.306 e. The maximum absolute atomic E-state index is 11.8. The largest absolute Gasteiger partial charge is 0.345 e. The normalized spacial score (nSPS) is 10.7. The van der Waals surface area contributed by atoms with Crippen LogP contribution < -0.4 is 5.32 Å². The molecule has 2 amide bonds. The molecule has 0 fully saturated rings. The molecule has 2 aromatic carbocycles. The van der Waals surface area contributed by atoms with Crippen molar-refractivity contribution in [3.05, 3.63) is 59.1 Å². The van der Waals surface area contributed by atoms with Crippen LogP contribution in [0.1, 0.15) is 10.6 Å². The number of para-hydroxylation sites is 1. The Morgan fingerprint density at radius 1 is 1.26 bits per heavy atom. The van der Waals surface area contributed by atoms with Crippen molar-refractivity contribution in [3.8, 4) is 0 Å². The van der Waals surface area contributed by atoms with Gasteiger partial charge in [-0.15, -0.1) is 11.3 Å². The zero-order valence-corrected chi connectivity index (χ0v) is 13.8. The van der Waals surface area contributed by atoms with E-state index in [1.54, 1.807) is 18.4 Å². The minimum atomic E-state index is -0.315. The fourth-order valence-electron chi connectivity index (χ4n) is 2.21. The lowest BCUT2D eigenvalue weighted by atomic mass is 10.1. The van der Waals surface area contributed by atoms with Crippen LogP contribution in [0.15, 0.2) is 48.5 Å². The van der Waals surface area contributed by atoms with E-state index in [9.17, 15) is 4.79 Å². The fraction of sp³-hybridized carbons (Fsp3) is 0.176. The lowest BCUT2D eigenvalue weighted by Gasteiger charge is -2.14. The molecule has 0 spiro atoms. The average molecular weight is 327 g/mol. The monoisotopic (exact) mass is 327 g/mol. The Hall–Kier alpha value is -2.44. The van der Waals surface area contributed by atoms with E-state index >= 15 is 0 Å². The van der Waals surface area contributed by atoms with Crippen molar-refractivity contribution in [3.63, 3.8) is 0 Å². The van der Waals surface area contributed by atoms with Gasteiger partial charge in [0.25, 0.3) is 0 Å². The molecular weight excluding hydrogens is 310 g/mol. The van der Waals surface area contributed by atoms with E-state index in [0.29, 0.717) is 0 Å². The van der Waals surface area contributed by atoms with Crippen LogP contribution in [0.25, 0.3) is 10.2 Å². The summed E-state index contributed by atoms with van der Waals surface area (Å²) in [6.07, 6.45) is 0.739. The summed E-state index contributed by atoms with van der Waals surface area (Å²) in [5.41, 5.74) is 2.86. The van der Waals surface area contributed by atoms with E-state index in [2.05, 4.69) is 16.4 Å². The molecule has 0 saturated carbocycles. The number of nitrogens with zero attached hydrogens (tertiary/aromatic N) is 2. The van der Waals surface area contributed by atoms with Gasteiger partial charge < -0.3 is 5.32 Å². The van der Waals surface area contributed by atoms with E-state index < -0.39 is 0 Å².